The van der Waals surface area contributed by atoms with Gasteiger partial charge in [0.1, 0.15) is 10.4 Å². The Hall–Kier alpha value is -3.55. The third kappa shape index (κ3) is 6.26. The molecule has 0 aliphatic carbocycles. The van der Waals surface area contributed by atoms with E-state index >= 15 is 0 Å². The molecule has 9 heteroatoms. The molecule has 0 saturated carbocycles. The van der Waals surface area contributed by atoms with E-state index in [1.807, 2.05) is 92.6 Å². The van der Waals surface area contributed by atoms with Gasteiger partial charge in [-0.3, -0.25) is 9.69 Å². The molecule has 8 nitrogen and oxygen atoms in total. The van der Waals surface area contributed by atoms with Crippen LogP contribution in [0.2, 0.25) is 0 Å². The second-order valence-electron chi connectivity index (χ2n) is 11.1. The minimum atomic E-state index is -1.21. The summed E-state index contributed by atoms with van der Waals surface area (Å²) in [4.78, 5) is 20.2. The minimum Gasteiger partial charge on any atom is -0.597 e. The lowest BCUT2D eigenvalue weighted by Gasteiger charge is -2.29. The summed E-state index contributed by atoms with van der Waals surface area (Å²) in [6.07, 6.45) is 0. The Kier molecular flexibility index (Phi) is 8.06. The Morgan fingerprint density at radius 3 is 2.70 bits per heavy atom. The third-order valence-electron chi connectivity index (χ3n) is 6.54. The van der Waals surface area contributed by atoms with Crippen LogP contribution in [-0.2, 0) is 31.0 Å². The third-order valence-corrected chi connectivity index (χ3v) is 8.32. The van der Waals surface area contributed by atoms with Crippen LogP contribution in [0.1, 0.15) is 53.5 Å². The fraction of sp³-hybridized carbons (Fsp3) is 0.355. The van der Waals surface area contributed by atoms with E-state index in [0.29, 0.717) is 43.4 Å². The maximum absolute atomic E-state index is 13.4. The summed E-state index contributed by atoms with van der Waals surface area (Å²) in [6.45, 7) is 8.07. The van der Waals surface area contributed by atoms with Crippen molar-refractivity contribution in [1.29, 1.82) is 0 Å². The Bertz CT molecular complexity index is 1490. The van der Waals surface area contributed by atoms with Gasteiger partial charge in [-0.25, -0.2) is 4.98 Å². The maximum atomic E-state index is 13.4. The van der Waals surface area contributed by atoms with Gasteiger partial charge in [0.2, 0.25) is 6.79 Å². The highest BCUT2D eigenvalue weighted by molar-refractivity contribution is 7.90. The molecule has 0 fully saturated rings. The first-order valence-corrected chi connectivity index (χ1v) is 14.3. The number of amides is 1. The molecule has 1 aromatic heterocycles. The molecule has 0 unspecified atom stereocenters. The zero-order valence-electron chi connectivity index (χ0n) is 23.5. The molecule has 2 aromatic carbocycles. The van der Waals surface area contributed by atoms with E-state index in [-0.39, 0.29) is 12.7 Å². The highest BCUT2D eigenvalue weighted by Gasteiger charge is 2.38. The average molecular weight is 559 g/mol. The number of carbonyl (C=O) groups is 1. The number of fused-ring (bicyclic) bond motifs is 2. The summed E-state index contributed by atoms with van der Waals surface area (Å²) < 4.78 is 25.6. The molecule has 0 bridgehead atoms. The van der Waals surface area contributed by atoms with Gasteiger partial charge in [-0.05, 0) is 76.3 Å². The number of pyridine rings is 1. The summed E-state index contributed by atoms with van der Waals surface area (Å²) in [5.74, 6) is 7.48. The molecule has 2 aliphatic heterocycles. The predicted octanol–water partition coefficient (Wildman–Crippen LogP) is 4.10. The number of hydrogen-bond acceptors (Lipinski definition) is 7. The van der Waals surface area contributed by atoms with Crippen LogP contribution in [0.3, 0.4) is 0 Å². The lowest BCUT2D eigenvalue weighted by atomic mass is 10.00. The number of aromatic nitrogens is 1. The second kappa shape index (κ2) is 11.5. The van der Waals surface area contributed by atoms with Crippen molar-refractivity contribution in [3.05, 3.63) is 76.5 Å². The topological polar surface area (TPSA) is 90.0 Å². The van der Waals surface area contributed by atoms with Crippen molar-refractivity contribution in [2.24, 2.45) is 0 Å². The highest BCUT2D eigenvalue weighted by atomic mass is 32.2. The summed E-state index contributed by atoms with van der Waals surface area (Å²) in [6, 6.07) is 15.3. The smallest absolute Gasteiger partial charge is 0.270 e. The summed E-state index contributed by atoms with van der Waals surface area (Å²) >= 11 is -1.21. The van der Waals surface area contributed by atoms with E-state index in [1.54, 1.807) is 0 Å². The Labute approximate surface area is 239 Å². The van der Waals surface area contributed by atoms with E-state index in [0.717, 1.165) is 33.5 Å². The van der Waals surface area contributed by atoms with Gasteiger partial charge in [-0.1, -0.05) is 30.0 Å². The van der Waals surface area contributed by atoms with Crippen molar-refractivity contribution in [2.75, 3.05) is 27.4 Å². The summed E-state index contributed by atoms with van der Waals surface area (Å²) in [5.41, 5.74) is 5.64. The van der Waals surface area contributed by atoms with Crippen LogP contribution in [0.15, 0.2) is 48.5 Å². The van der Waals surface area contributed by atoms with E-state index in [1.165, 1.54) is 0 Å². The Balaban J connectivity index is 1.45. The van der Waals surface area contributed by atoms with Crippen molar-refractivity contribution >= 4 is 17.3 Å². The summed E-state index contributed by atoms with van der Waals surface area (Å²) in [5, 5.41) is 2.99. The van der Waals surface area contributed by atoms with Crippen molar-refractivity contribution in [3.8, 4) is 34.6 Å². The van der Waals surface area contributed by atoms with Gasteiger partial charge in [0.25, 0.3) is 5.91 Å². The number of benzene rings is 2. The largest absolute Gasteiger partial charge is 0.597 e. The van der Waals surface area contributed by atoms with Crippen LogP contribution < -0.4 is 14.8 Å². The lowest BCUT2D eigenvalue weighted by Crippen LogP contribution is -2.40. The van der Waals surface area contributed by atoms with Gasteiger partial charge in [-0.2, -0.15) is 0 Å². The number of rotatable bonds is 6. The standard InChI is InChI=1S/C31H34N4O4S/c1-31(2,3)40(37)35-18-24-16-26(30(36)32-17-22-11-12-27-28(15-22)39-20-38-27)33-29(25(24)19-35)23-10-6-8-21(14-23)9-7-13-34(4)5/h6,8,10-12,14-16H,13,17-20H2,1-5H3,(H,32,36)/t40-/m0/s1. The van der Waals surface area contributed by atoms with Gasteiger partial charge in [0.05, 0.1) is 25.3 Å². The van der Waals surface area contributed by atoms with Crippen LogP contribution in [0.4, 0.5) is 0 Å². The monoisotopic (exact) mass is 558 g/mol. The first-order chi connectivity index (χ1) is 19.1. The SMILES string of the molecule is CN(C)CC#Cc1cccc(-c2nc(C(=O)NCc3ccc4c(c3)OCO4)cc3c2CN([S@@+]([O-])C(C)(C)C)C3)c1. The molecule has 3 heterocycles. The molecule has 1 amide bonds. The van der Waals surface area contributed by atoms with Crippen LogP contribution >= 0.6 is 0 Å². The van der Waals surface area contributed by atoms with E-state index < -0.39 is 16.1 Å². The van der Waals surface area contributed by atoms with Crippen molar-refractivity contribution < 1.29 is 18.8 Å². The van der Waals surface area contributed by atoms with E-state index in [2.05, 4.69) is 17.2 Å². The molecule has 0 spiro atoms. The summed E-state index contributed by atoms with van der Waals surface area (Å²) in [7, 11) is 3.96. The first-order valence-electron chi connectivity index (χ1n) is 13.2. The molecule has 0 saturated heterocycles. The van der Waals surface area contributed by atoms with Crippen LogP contribution in [0.25, 0.3) is 11.3 Å². The number of ether oxygens (including phenoxy) is 2. The van der Waals surface area contributed by atoms with Crippen LogP contribution in [-0.4, -0.2) is 56.8 Å². The number of nitrogens with one attached hydrogen (secondary N) is 1. The second-order valence-corrected chi connectivity index (χ2v) is 13.4. The van der Waals surface area contributed by atoms with Crippen molar-refractivity contribution in [2.45, 2.75) is 45.2 Å². The van der Waals surface area contributed by atoms with E-state index in [4.69, 9.17) is 14.5 Å². The molecular formula is C31H34N4O4S. The van der Waals surface area contributed by atoms with Gasteiger partial charge in [-0.15, -0.1) is 4.31 Å². The Morgan fingerprint density at radius 2 is 1.93 bits per heavy atom. The first kappa shape index (κ1) is 28.0. The molecule has 40 heavy (non-hydrogen) atoms. The molecule has 1 N–H and O–H groups in total. The fourth-order valence-corrected chi connectivity index (χ4v) is 5.87. The average Bonchev–Trinajstić information content (AvgIpc) is 3.56. The van der Waals surface area contributed by atoms with Gasteiger partial charge in [0.15, 0.2) is 11.5 Å². The normalized spacial score (nSPS) is 15.0. The maximum Gasteiger partial charge on any atom is 0.270 e. The zero-order chi connectivity index (χ0) is 28.4. The molecule has 1 atom stereocenters. The van der Waals surface area contributed by atoms with Gasteiger partial charge in [0, 0.05) is 34.6 Å². The minimum absolute atomic E-state index is 0.201. The number of carbonyl (C=O) groups excluding carboxylic acids is 1. The molecule has 3 aromatic rings. The molecule has 2 aliphatic rings. The van der Waals surface area contributed by atoms with Crippen molar-refractivity contribution in [1.82, 2.24) is 19.5 Å². The predicted molar refractivity (Wildman–Crippen MR) is 156 cm³/mol. The molecular weight excluding hydrogens is 524 g/mol. The van der Waals surface area contributed by atoms with Gasteiger partial charge >= 0.3 is 0 Å². The van der Waals surface area contributed by atoms with Crippen molar-refractivity contribution in [3.63, 3.8) is 0 Å². The number of nitrogens with zero attached hydrogens (tertiary/aromatic N) is 3. The highest BCUT2D eigenvalue weighted by Crippen LogP contribution is 2.36. The molecule has 0 radical (unpaired) electrons. The Morgan fingerprint density at radius 1 is 1.12 bits per heavy atom. The zero-order valence-corrected chi connectivity index (χ0v) is 24.4. The number of hydrogen-bond donors (Lipinski definition) is 1. The fourth-order valence-electron chi connectivity index (χ4n) is 4.59. The van der Waals surface area contributed by atoms with Crippen LogP contribution in [0, 0.1) is 11.8 Å². The van der Waals surface area contributed by atoms with Crippen LogP contribution in [0.5, 0.6) is 11.5 Å². The molecule has 5 rings (SSSR count). The quantitative estimate of drug-likeness (QED) is 0.360. The van der Waals surface area contributed by atoms with E-state index in [9.17, 15) is 9.35 Å². The van der Waals surface area contributed by atoms with Gasteiger partial charge < -0.3 is 19.3 Å². The molecule has 208 valence electrons. The lowest BCUT2D eigenvalue weighted by molar-refractivity contribution is 0.0946.